The van der Waals surface area contributed by atoms with Crippen LogP contribution in [0.1, 0.15) is 83.5 Å². The predicted octanol–water partition coefficient (Wildman–Crippen LogP) is 3.35. The van der Waals surface area contributed by atoms with Crippen molar-refractivity contribution in [3.63, 3.8) is 0 Å². The largest absolute Gasteiger partial charge is 0.383 e. The van der Waals surface area contributed by atoms with Crippen molar-refractivity contribution in [1.82, 2.24) is 20.9 Å². The zero-order chi connectivity index (χ0) is 24.6. The van der Waals surface area contributed by atoms with E-state index in [1.807, 2.05) is 0 Å². The molecule has 33 heavy (non-hydrogen) atoms. The summed E-state index contributed by atoms with van der Waals surface area (Å²) in [5.41, 5.74) is 3.45. The highest BCUT2D eigenvalue weighted by molar-refractivity contribution is 5.84. The molecule has 0 saturated heterocycles. The van der Waals surface area contributed by atoms with Gasteiger partial charge in [0.15, 0.2) is 0 Å². The fourth-order valence-electron chi connectivity index (χ4n) is 3.88. The van der Waals surface area contributed by atoms with Crippen molar-refractivity contribution in [3.8, 4) is 0 Å². The Balaban J connectivity index is 4.42. The van der Waals surface area contributed by atoms with Crippen LogP contribution in [0.2, 0.25) is 0 Å². The summed E-state index contributed by atoms with van der Waals surface area (Å²) in [6.45, 7) is 7.58. The fourth-order valence-corrected chi connectivity index (χ4v) is 3.88. The quantitative estimate of drug-likeness (QED) is 0.115. The molecule has 7 nitrogen and oxygen atoms in total. The molecule has 0 rings (SSSR count). The molecule has 0 heterocycles. The van der Waals surface area contributed by atoms with Gasteiger partial charge in [0.05, 0.1) is 5.70 Å². The summed E-state index contributed by atoms with van der Waals surface area (Å²) in [7, 11) is 3.40. The zero-order valence-electron chi connectivity index (χ0n) is 21.1. The lowest BCUT2D eigenvalue weighted by atomic mass is 10.1. The van der Waals surface area contributed by atoms with Gasteiger partial charge >= 0.3 is 0 Å². The van der Waals surface area contributed by atoms with E-state index in [1.54, 1.807) is 14.1 Å². The van der Waals surface area contributed by atoms with Crippen molar-refractivity contribution >= 4 is 18.5 Å². The highest BCUT2D eigenvalue weighted by atomic mass is 16.2. The van der Waals surface area contributed by atoms with E-state index in [1.165, 1.54) is 38.5 Å². The molecule has 0 bridgehead atoms. The van der Waals surface area contributed by atoms with Gasteiger partial charge in [-0.3, -0.25) is 4.79 Å². The first-order chi connectivity index (χ1) is 16.1. The van der Waals surface area contributed by atoms with Crippen LogP contribution in [0.5, 0.6) is 0 Å². The van der Waals surface area contributed by atoms with Gasteiger partial charge in [0.1, 0.15) is 18.6 Å². The number of nitrogens with zero attached hydrogens (tertiary/aromatic N) is 1. The number of carbonyl (C=O) groups is 3. The number of likely N-dealkylation sites (N-methyl/N-ethyl adjacent to an activating group) is 2. The number of aldehydes is 2. The van der Waals surface area contributed by atoms with Crippen molar-refractivity contribution in [3.05, 3.63) is 18.0 Å². The van der Waals surface area contributed by atoms with E-state index in [2.05, 4.69) is 33.2 Å². The monoisotopic (exact) mass is 464 g/mol. The highest BCUT2D eigenvalue weighted by Gasteiger charge is 2.20. The zero-order valence-corrected chi connectivity index (χ0v) is 21.1. The van der Waals surface area contributed by atoms with E-state index in [9.17, 15) is 14.4 Å². The Labute approximate surface area is 201 Å². The van der Waals surface area contributed by atoms with Crippen LogP contribution in [-0.2, 0) is 14.4 Å². The number of carbonyl (C=O) groups excluding carboxylic acids is 3. The third-order valence-electron chi connectivity index (χ3n) is 5.85. The molecule has 1 unspecified atom stereocenters. The summed E-state index contributed by atoms with van der Waals surface area (Å²) < 4.78 is 0. The molecule has 0 aliphatic rings. The van der Waals surface area contributed by atoms with Crippen LogP contribution in [0, 0.1) is 0 Å². The molecule has 0 aromatic heterocycles. The number of hydrogen-bond donors (Lipinski definition) is 3. The van der Waals surface area contributed by atoms with E-state index in [4.69, 9.17) is 0 Å². The number of unbranched alkanes of at least 4 members (excludes halogenated alkanes) is 10. The minimum Gasteiger partial charge on any atom is -0.383 e. The Morgan fingerprint density at radius 3 is 1.73 bits per heavy atom. The predicted molar refractivity (Wildman–Crippen MR) is 136 cm³/mol. The number of nitrogens with one attached hydrogen (secondary N) is 3. The van der Waals surface area contributed by atoms with Crippen LogP contribution in [0.15, 0.2) is 18.0 Å². The lowest BCUT2D eigenvalue weighted by Crippen LogP contribution is -2.47. The van der Waals surface area contributed by atoms with Gasteiger partial charge in [-0.1, -0.05) is 45.1 Å². The summed E-state index contributed by atoms with van der Waals surface area (Å²) in [5, 5.41) is 9.00. The van der Waals surface area contributed by atoms with Crippen molar-refractivity contribution in [2.45, 2.75) is 89.5 Å². The highest BCUT2D eigenvalue weighted by Crippen LogP contribution is 2.09. The van der Waals surface area contributed by atoms with Gasteiger partial charge in [-0.15, -0.1) is 5.73 Å². The summed E-state index contributed by atoms with van der Waals surface area (Å²) in [6, 6.07) is -0.469. The average molecular weight is 465 g/mol. The van der Waals surface area contributed by atoms with E-state index >= 15 is 0 Å². The van der Waals surface area contributed by atoms with E-state index < -0.39 is 6.04 Å². The minimum absolute atomic E-state index is 0.100. The molecule has 3 N–H and O–H groups in total. The standard InChI is InChI=1S/C26H48N4O3/c1-4-24(27-2)25(26(33)28-3)29-18-17-21-30(19-13-9-5-7-11-15-22-31)20-14-10-6-8-12-16-23-32/h22-23,25,27,29H,1,5-21H2,2-3H3,(H,28,33). The van der Waals surface area contributed by atoms with Crippen LogP contribution < -0.4 is 16.0 Å². The van der Waals surface area contributed by atoms with Crippen LogP contribution in [0.25, 0.3) is 0 Å². The van der Waals surface area contributed by atoms with Crippen molar-refractivity contribution in [2.24, 2.45) is 0 Å². The molecule has 190 valence electrons. The smallest absolute Gasteiger partial charge is 0.243 e. The molecular weight excluding hydrogens is 416 g/mol. The third-order valence-corrected chi connectivity index (χ3v) is 5.85. The molecule has 7 heteroatoms. The van der Waals surface area contributed by atoms with Crippen molar-refractivity contribution in [1.29, 1.82) is 0 Å². The van der Waals surface area contributed by atoms with Crippen molar-refractivity contribution < 1.29 is 14.4 Å². The van der Waals surface area contributed by atoms with Gasteiger partial charge in [-0.05, 0) is 58.3 Å². The minimum atomic E-state index is -0.469. The lowest BCUT2D eigenvalue weighted by molar-refractivity contribution is -0.121. The molecule has 0 spiro atoms. The topological polar surface area (TPSA) is 90.5 Å². The second-order valence-electron chi connectivity index (χ2n) is 8.48. The van der Waals surface area contributed by atoms with Gasteiger partial charge < -0.3 is 30.4 Å². The van der Waals surface area contributed by atoms with E-state index in [-0.39, 0.29) is 5.91 Å². The van der Waals surface area contributed by atoms with Gasteiger partial charge in [0, 0.05) is 26.9 Å². The average Bonchev–Trinajstić information content (AvgIpc) is 2.83. The molecule has 1 amide bonds. The summed E-state index contributed by atoms with van der Waals surface area (Å²) in [5.74, 6) is -0.100. The third kappa shape index (κ3) is 17.2. The van der Waals surface area contributed by atoms with Crippen LogP contribution in [0.4, 0.5) is 0 Å². The Hall–Kier alpha value is -1.95. The molecule has 0 aliphatic heterocycles. The molecule has 1 atom stereocenters. The van der Waals surface area contributed by atoms with E-state index in [0.29, 0.717) is 18.5 Å². The Morgan fingerprint density at radius 2 is 1.27 bits per heavy atom. The SMILES string of the molecule is C=C=C(NC)C(NCCCN(CCCCCCCC=O)CCCCCCCC=O)C(=O)NC. The summed E-state index contributed by atoms with van der Waals surface area (Å²) >= 11 is 0. The number of amides is 1. The van der Waals surface area contributed by atoms with Crippen molar-refractivity contribution in [2.75, 3.05) is 40.3 Å². The van der Waals surface area contributed by atoms with Crippen LogP contribution in [-0.4, -0.2) is 69.7 Å². The second-order valence-corrected chi connectivity index (χ2v) is 8.48. The first-order valence-corrected chi connectivity index (χ1v) is 12.8. The molecule has 0 aliphatic carbocycles. The number of hydrogen-bond acceptors (Lipinski definition) is 6. The maximum atomic E-state index is 12.2. The van der Waals surface area contributed by atoms with Gasteiger partial charge in [-0.2, -0.15) is 0 Å². The Kier molecular flexibility index (Phi) is 21.8. The van der Waals surface area contributed by atoms with Gasteiger partial charge in [0.2, 0.25) is 5.91 Å². The molecular formula is C26H48N4O3. The molecule has 0 radical (unpaired) electrons. The van der Waals surface area contributed by atoms with Crippen LogP contribution >= 0.6 is 0 Å². The summed E-state index contributed by atoms with van der Waals surface area (Å²) in [6.07, 6.45) is 15.7. The molecule has 0 fully saturated rings. The fraction of sp³-hybridized carbons (Fsp3) is 0.769. The first kappa shape index (κ1) is 31.0. The summed E-state index contributed by atoms with van der Waals surface area (Å²) in [4.78, 5) is 35.6. The Bertz CT molecular complexity index is 540. The molecule has 0 saturated carbocycles. The van der Waals surface area contributed by atoms with Gasteiger partial charge in [-0.25, -0.2) is 0 Å². The van der Waals surface area contributed by atoms with Crippen LogP contribution in [0.3, 0.4) is 0 Å². The molecule has 0 aromatic carbocycles. The maximum absolute atomic E-state index is 12.2. The first-order valence-electron chi connectivity index (χ1n) is 12.8. The lowest BCUT2D eigenvalue weighted by Gasteiger charge is -2.24. The Morgan fingerprint density at radius 1 is 0.788 bits per heavy atom. The second kappa shape index (κ2) is 23.2. The number of rotatable bonds is 24. The maximum Gasteiger partial charge on any atom is 0.243 e. The molecule has 0 aromatic rings. The van der Waals surface area contributed by atoms with Gasteiger partial charge in [0.25, 0.3) is 0 Å². The van der Waals surface area contributed by atoms with E-state index in [0.717, 1.165) is 70.9 Å². The normalized spacial score (nSPS) is 11.6.